The molecule has 142 valence electrons. The van der Waals surface area contributed by atoms with Gasteiger partial charge in [0.1, 0.15) is 17.0 Å². The van der Waals surface area contributed by atoms with Gasteiger partial charge in [-0.2, -0.15) is 5.10 Å². The Bertz CT molecular complexity index is 1110. The third-order valence-electron chi connectivity index (χ3n) is 4.36. The number of ether oxygens (including phenoxy) is 1. The molecule has 0 bridgehead atoms. The molecule has 1 aromatic heterocycles. The normalized spacial score (nSPS) is 14.1. The Hall–Kier alpha value is -3.26. The van der Waals surface area contributed by atoms with Gasteiger partial charge in [0.05, 0.1) is 17.5 Å². The van der Waals surface area contributed by atoms with E-state index in [0.29, 0.717) is 34.2 Å². The van der Waals surface area contributed by atoms with Crippen LogP contribution in [0.5, 0.6) is 5.75 Å². The molecule has 3 aromatic rings. The van der Waals surface area contributed by atoms with Gasteiger partial charge < -0.3 is 4.74 Å². The molecule has 0 radical (unpaired) electrons. The molecule has 28 heavy (non-hydrogen) atoms. The lowest BCUT2D eigenvalue weighted by Crippen LogP contribution is -2.36. The average Bonchev–Trinajstić information content (AvgIpc) is 3.10. The summed E-state index contributed by atoms with van der Waals surface area (Å²) in [5.41, 5.74) is 2.67. The van der Waals surface area contributed by atoms with Gasteiger partial charge in [-0.25, -0.2) is 9.99 Å². The van der Waals surface area contributed by atoms with E-state index in [1.807, 2.05) is 43.3 Å². The number of aromatic nitrogens is 1. The van der Waals surface area contributed by atoms with Crippen LogP contribution in [0.1, 0.15) is 18.4 Å². The number of hydrogen-bond donors (Lipinski definition) is 1. The van der Waals surface area contributed by atoms with Crippen LogP contribution in [0.2, 0.25) is 0 Å². The number of amides is 2. The van der Waals surface area contributed by atoms with E-state index in [1.54, 1.807) is 13.2 Å². The molecular formula is C20H18N4O3S. The largest absolute Gasteiger partial charge is 0.494 e. The van der Waals surface area contributed by atoms with E-state index in [-0.39, 0.29) is 18.2 Å². The maximum atomic E-state index is 12.7. The van der Waals surface area contributed by atoms with Crippen molar-refractivity contribution in [3.63, 3.8) is 0 Å². The molecule has 1 aliphatic heterocycles. The molecule has 7 nitrogen and oxygen atoms in total. The standard InChI is InChI=1S/C20H18N4O3S/c1-12-5-3-6-13(11-12)24-17(25)10-9-14(23-24)19(26)22-20-21-18-15(27-2)7-4-8-16(18)28-20/h3-8,11H,9-10H2,1-2H3,(H,21,22,26). The van der Waals surface area contributed by atoms with E-state index < -0.39 is 0 Å². The van der Waals surface area contributed by atoms with Crippen molar-refractivity contribution in [2.24, 2.45) is 5.10 Å². The smallest absolute Gasteiger partial charge is 0.273 e. The zero-order valence-electron chi connectivity index (χ0n) is 15.4. The Morgan fingerprint density at radius 2 is 2.04 bits per heavy atom. The second kappa shape index (κ2) is 7.40. The fourth-order valence-corrected chi connectivity index (χ4v) is 3.87. The van der Waals surface area contributed by atoms with Gasteiger partial charge in [-0.05, 0) is 36.8 Å². The van der Waals surface area contributed by atoms with Crippen LogP contribution in [0.3, 0.4) is 0 Å². The molecule has 1 aliphatic rings. The first-order valence-electron chi connectivity index (χ1n) is 8.77. The van der Waals surface area contributed by atoms with E-state index >= 15 is 0 Å². The number of carbonyl (C=O) groups excluding carboxylic acids is 2. The minimum absolute atomic E-state index is 0.133. The number of aryl methyl sites for hydroxylation is 1. The third kappa shape index (κ3) is 3.46. The summed E-state index contributed by atoms with van der Waals surface area (Å²) in [6.45, 7) is 1.94. The van der Waals surface area contributed by atoms with Gasteiger partial charge in [0.25, 0.3) is 5.91 Å². The van der Waals surface area contributed by atoms with Gasteiger partial charge in [0.2, 0.25) is 5.91 Å². The van der Waals surface area contributed by atoms with Gasteiger partial charge in [0, 0.05) is 12.8 Å². The van der Waals surface area contributed by atoms with Gasteiger partial charge in [0.15, 0.2) is 5.13 Å². The molecule has 0 atom stereocenters. The van der Waals surface area contributed by atoms with Crippen LogP contribution in [0.4, 0.5) is 10.8 Å². The summed E-state index contributed by atoms with van der Waals surface area (Å²) in [5, 5.41) is 8.86. The number of nitrogens with one attached hydrogen (secondary N) is 1. The van der Waals surface area contributed by atoms with Crippen LogP contribution in [0, 0.1) is 6.92 Å². The second-order valence-electron chi connectivity index (χ2n) is 6.37. The Labute approximate surface area is 165 Å². The first kappa shape index (κ1) is 18.1. The van der Waals surface area contributed by atoms with Gasteiger partial charge >= 0.3 is 0 Å². The molecule has 8 heteroatoms. The third-order valence-corrected chi connectivity index (χ3v) is 5.30. The van der Waals surface area contributed by atoms with Crippen LogP contribution in [-0.2, 0) is 9.59 Å². The summed E-state index contributed by atoms with van der Waals surface area (Å²) in [6.07, 6.45) is 0.523. The molecule has 2 amide bonds. The molecule has 0 aliphatic carbocycles. The highest BCUT2D eigenvalue weighted by Crippen LogP contribution is 2.32. The van der Waals surface area contributed by atoms with Crippen LogP contribution >= 0.6 is 11.3 Å². The first-order chi connectivity index (χ1) is 13.5. The fraction of sp³-hybridized carbons (Fsp3) is 0.200. The zero-order valence-corrected chi connectivity index (χ0v) is 16.2. The van der Waals surface area contributed by atoms with Gasteiger partial charge in [-0.3, -0.25) is 14.9 Å². The van der Waals surface area contributed by atoms with Crippen molar-refractivity contribution in [1.29, 1.82) is 0 Å². The van der Waals surface area contributed by atoms with Crippen molar-refractivity contribution in [3.8, 4) is 5.75 Å². The number of carbonyl (C=O) groups is 2. The predicted octanol–water partition coefficient (Wildman–Crippen LogP) is 3.73. The molecule has 0 fully saturated rings. The molecule has 2 aromatic carbocycles. The molecule has 0 spiro atoms. The summed E-state index contributed by atoms with van der Waals surface area (Å²) >= 11 is 1.36. The number of rotatable bonds is 4. The number of benzene rings is 2. The van der Waals surface area contributed by atoms with E-state index in [4.69, 9.17) is 4.74 Å². The summed E-state index contributed by atoms with van der Waals surface area (Å²) in [5.74, 6) is 0.163. The van der Waals surface area contributed by atoms with E-state index in [1.165, 1.54) is 16.3 Å². The first-order valence-corrected chi connectivity index (χ1v) is 9.59. The lowest BCUT2D eigenvalue weighted by atomic mass is 10.1. The van der Waals surface area contributed by atoms with Gasteiger partial charge in [-0.15, -0.1) is 0 Å². The summed E-state index contributed by atoms with van der Waals surface area (Å²) in [6, 6.07) is 13.1. The van der Waals surface area contributed by atoms with E-state index in [2.05, 4.69) is 15.4 Å². The summed E-state index contributed by atoms with van der Waals surface area (Å²) in [4.78, 5) is 29.4. The van der Waals surface area contributed by atoms with Crippen molar-refractivity contribution >= 4 is 49.9 Å². The Kier molecular flexibility index (Phi) is 4.79. The number of fused-ring (bicyclic) bond motifs is 1. The maximum absolute atomic E-state index is 12.7. The Balaban J connectivity index is 1.59. The Morgan fingerprint density at radius 3 is 2.82 bits per heavy atom. The number of hydrazone groups is 1. The van der Waals surface area contributed by atoms with Crippen molar-refractivity contribution in [1.82, 2.24) is 4.98 Å². The van der Waals surface area contributed by atoms with Crippen LogP contribution in [-0.4, -0.2) is 29.6 Å². The molecule has 2 heterocycles. The number of nitrogens with zero attached hydrogens (tertiary/aromatic N) is 3. The van der Waals surface area contributed by atoms with Crippen LogP contribution < -0.4 is 15.1 Å². The number of para-hydroxylation sites is 1. The van der Waals surface area contributed by atoms with Crippen molar-refractivity contribution in [2.75, 3.05) is 17.4 Å². The number of hydrogen-bond acceptors (Lipinski definition) is 6. The zero-order chi connectivity index (χ0) is 19.7. The summed E-state index contributed by atoms with van der Waals surface area (Å²) in [7, 11) is 1.58. The van der Waals surface area contributed by atoms with E-state index in [0.717, 1.165) is 10.3 Å². The lowest BCUT2D eigenvalue weighted by Gasteiger charge is -2.23. The average molecular weight is 394 g/mol. The predicted molar refractivity (Wildman–Crippen MR) is 110 cm³/mol. The molecule has 0 saturated heterocycles. The second-order valence-corrected chi connectivity index (χ2v) is 7.40. The number of anilines is 2. The maximum Gasteiger partial charge on any atom is 0.273 e. The highest BCUT2D eigenvalue weighted by Gasteiger charge is 2.26. The minimum Gasteiger partial charge on any atom is -0.494 e. The van der Waals surface area contributed by atoms with E-state index in [9.17, 15) is 9.59 Å². The fourth-order valence-electron chi connectivity index (χ4n) is 2.99. The SMILES string of the molecule is COc1cccc2sc(NC(=O)C3=NN(c4cccc(C)c4)C(=O)CC3)nc12. The summed E-state index contributed by atoms with van der Waals surface area (Å²) < 4.78 is 6.22. The minimum atomic E-state index is -0.358. The van der Waals surface area contributed by atoms with Crippen molar-refractivity contribution in [3.05, 3.63) is 48.0 Å². The molecule has 4 rings (SSSR count). The number of thiazole rings is 1. The molecule has 0 unspecified atom stereocenters. The van der Waals surface area contributed by atoms with Crippen molar-refractivity contribution in [2.45, 2.75) is 19.8 Å². The topological polar surface area (TPSA) is 83.9 Å². The Morgan fingerprint density at radius 1 is 1.21 bits per heavy atom. The lowest BCUT2D eigenvalue weighted by molar-refractivity contribution is -0.118. The number of methoxy groups -OCH3 is 1. The molecule has 0 saturated carbocycles. The highest BCUT2D eigenvalue weighted by molar-refractivity contribution is 7.22. The van der Waals surface area contributed by atoms with Crippen molar-refractivity contribution < 1.29 is 14.3 Å². The quantitative estimate of drug-likeness (QED) is 0.731. The molecule has 1 N–H and O–H groups in total. The monoisotopic (exact) mass is 394 g/mol. The molecular weight excluding hydrogens is 376 g/mol. The highest BCUT2D eigenvalue weighted by atomic mass is 32.1. The van der Waals surface area contributed by atoms with Gasteiger partial charge in [-0.1, -0.05) is 29.5 Å². The van der Waals surface area contributed by atoms with Crippen LogP contribution in [0.15, 0.2) is 47.6 Å². The van der Waals surface area contributed by atoms with Crippen LogP contribution in [0.25, 0.3) is 10.2 Å².